The molecule has 0 saturated heterocycles. The van der Waals surface area contributed by atoms with Gasteiger partial charge in [-0.1, -0.05) is 44.7 Å². The molecule has 1 aliphatic rings. The molecule has 5 nitrogen and oxygen atoms in total. The first-order chi connectivity index (χ1) is 13.1. The van der Waals surface area contributed by atoms with Gasteiger partial charge in [-0.25, -0.2) is 4.79 Å². The molecule has 6 heteroatoms. The third-order valence-electron chi connectivity index (χ3n) is 5.12. The van der Waals surface area contributed by atoms with E-state index in [0.29, 0.717) is 35.9 Å². The molecule has 1 aromatic heterocycles. The molecule has 1 heterocycles. The van der Waals surface area contributed by atoms with E-state index in [0.717, 1.165) is 22.9 Å². The van der Waals surface area contributed by atoms with Crippen LogP contribution >= 0.6 is 11.3 Å². The number of carbonyl (C=O) groups is 2. The zero-order valence-electron chi connectivity index (χ0n) is 15.7. The molecule has 2 aromatic rings. The Labute approximate surface area is 163 Å². The summed E-state index contributed by atoms with van der Waals surface area (Å²) in [5.41, 5.74) is 0. The van der Waals surface area contributed by atoms with Gasteiger partial charge in [-0.2, -0.15) is 0 Å². The highest BCUT2D eigenvalue weighted by molar-refractivity contribution is 7.21. The van der Waals surface area contributed by atoms with Crippen LogP contribution in [-0.2, 0) is 4.79 Å². The number of aliphatic carboxylic acids is 1. The lowest BCUT2D eigenvalue weighted by molar-refractivity contribution is -0.145. The van der Waals surface area contributed by atoms with Gasteiger partial charge in [0.2, 0.25) is 0 Å². The van der Waals surface area contributed by atoms with E-state index in [2.05, 4.69) is 5.32 Å². The van der Waals surface area contributed by atoms with E-state index in [4.69, 9.17) is 4.74 Å². The second-order valence-corrected chi connectivity index (χ2v) is 8.26. The van der Waals surface area contributed by atoms with Gasteiger partial charge in [0.05, 0.1) is 0 Å². The summed E-state index contributed by atoms with van der Waals surface area (Å²) < 4.78 is 6.79. The molecule has 0 spiro atoms. The van der Waals surface area contributed by atoms with E-state index < -0.39 is 12.1 Å². The Balaban J connectivity index is 1.82. The van der Waals surface area contributed by atoms with Crippen molar-refractivity contribution in [2.75, 3.05) is 6.54 Å². The van der Waals surface area contributed by atoms with Crippen molar-refractivity contribution in [1.29, 1.82) is 0 Å². The highest BCUT2D eigenvalue weighted by Crippen LogP contribution is 2.38. The third kappa shape index (κ3) is 4.80. The van der Waals surface area contributed by atoms with E-state index in [9.17, 15) is 14.7 Å². The van der Waals surface area contributed by atoms with Gasteiger partial charge >= 0.3 is 5.97 Å². The minimum atomic E-state index is -0.999. The molecule has 1 amide bonds. The van der Waals surface area contributed by atoms with Crippen molar-refractivity contribution in [2.45, 2.75) is 58.0 Å². The molecule has 1 aromatic carbocycles. The Hall–Kier alpha value is -2.08. The van der Waals surface area contributed by atoms with Crippen molar-refractivity contribution in [3.8, 4) is 5.75 Å². The molecule has 27 heavy (non-hydrogen) atoms. The smallest absolute Gasteiger partial charge is 0.344 e. The molecule has 3 rings (SSSR count). The summed E-state index contributed by atoms with van der Waals surface area (Å²) in [7, 11) is 0. The number of nitrogens with one attached hydrogen (secondary N) is 1. The van der Waals surface area contributed by atoms with Crippen LogP contribution in [0.3, 0.4) is 0 Å². The van der Waals surface area contributed by atoms with Gasteiger partial charge in [-0.3, -0.25) is 4.79 Å². The largest absolute Gasteiger partial charge is 0.479 e. The Morgan fingerprint density at radius 1 is 1.26 bits per heavy atom. The van der Waals surface area contributed by atoms with Crippen molar-refractivity contribution in [2.24, 2.45) is 5.92 Å². The molecule has 1 aliphatic carbocycles. The van der Waals surface area contributed by atoms with Crippen LogP contribution < -0.4 is 10.1 Å². The number of hydrogen-bond donors (Lipinski definition) is 2. The quantitative estimate of drug-likeness (QED) is 0.677. The predicted molar refractivity (Wildman–Crippen MR) is 108 cm³/mol. The molecule has 0 aliphatic heterocycles. The summed E-state index contributed by atoms with van der Waals surface area (Å²) in [6.45, 7) is 2.59. The molecule has 1 unspecified atom stereocenters. The Kier molecular flexibility index (Phi) is 6.72. The first-order valence-electron chi connectivity index (χ1n) is 9.79. The summed E-state index contributed by atoms with van der Waals surface area (Å²) in [4.78, 5) is 24.9. The molecule has 0 radical (unpaired) electrons. The number of carboxylic acids is 1. The first kappa shape index (κ1) is 19.7. The summed E-state index contributed by atoms with van der Waals surface area (Å²) in [5, 5.41) is 13.3. The third-order valence-corrected chi connectivity index (χ3v) is 6.27. The highest BCUT2D eigenvalue weighted by Gasteiger charge is 2.26. The number of hydrogen-bond acceptors (Lipinski definition) is 4. The van der Waals surface area contributed by atoms with Gasteiger partial charge in [0, 0.05) is 16.6 Å². The molecular formula is C21H27NO4S. The monoisotopic (exact) mass is 389 g/mol. The molecular weight excluding hydrogens is 362 g/mol. The van der Waals surface area contributed by atoms with Gasteiger partial charge in [0.15, 0.2) is 11.9 Å². The number of rotatable bonds is 8. The predicted octanol–water partition coefficient (Wildman–Crippen LogP) is 4.84. The van der Waals surface area contributed by atoms with Crippen molar-refractivity contribution >= 4 is 33.3 Å². The van der Waals surface area contributed by atoms with Crippen molar-refractivity contribution in [3.63, 3.8) is 0 Å². The Morgan fingerprint density at radius 3 is 2.70 bits per heavy atom. The summed E-state index contributed by atoms with van der Waals surface area (Å²) in [5.74, 6) is -0.232. The fourth-order valence-electron chi connectivity index (χ4n) is 3.63. The second-order valence-electron chi connectivity index (χ2n) is 7.20. The zero-order chi connectivity index (χ0) is 19.2. The SMILES string of the molecule is CCCC(Oc1c(C(=O)NCC2CCCCC2)sc2ccccc12)C(=O)O. The van der Waals surface area contributed by atoms with Gasteiger partial charge in [-0.15, -0.1) is 11.3 Å². The van der Waals surface area contributed by atoms with Crippen LogP contribution in [0.25, 0.3) is 10.1 Å². The number of ether oxygens (including phenoxy) is 1. The van der Waals surface area contributed by atoms with E-state index in [1.165, 1.54) is 30.6 Å². The van der Waals surface area contributed by atoms with Crippen LogP contribution in [0.2, 0.25) is 0 Å². The highest BCUT2D eigenvalue weighted by atomic mass is 32.1. The van der Waals surface area contributed by atoms with Crippen molar-refractivity contribution in [3.05, 3.63) is 29.1 Å². The number of fused-ring (bicyclic) bond motifs is 1. The first-order valence-corrected chi connectivity index (χ1v) is 10.6. The van der Waals surface area contributed by atoms with Gasteiger partial charge in [-0.05, 0) is 37.3 Å². The van der Waals surface area contributed by atoms with Gasteiger partial charge in [0.1, 0.15) is 4.88 Å². The van der Waals surface area contributed by atoms with Crippen LogP contribution in [0.5, 0.6) is 5.75 Å². The van der Waals surface area contributed by atoms with Crippen molar-refractivity contribution in [1.82, 2.24) is 5.32 Å². The minimum Gasteiger partial charge on any atom is -0.479 e. The van der Waals surface area contributed by atoms with Crippen LogP contribution in [-0.4, -0.2) is 29.6 Å². The second kappa shape index (κ2) is 9.22. The van der Waals surface area contributed by atoms with Gasteiger partial charge < -0.3 is 15.2 Å². The fourth-order valence-corrected chi connectivity index (χ4v) is 4.69. The van der Waals surface area contributed by atoms with E-state index in [1.54, 1.807) is 0 Å². The van der Waals surface area contributed by atoms with E-state index >= 15 is 0 Å². The summed E-state index contributed by atoms with van der Waals surface area (Å²) in [6, 6.07) is 7.60. The maximum atomic E-state index is 12.9. The number of amides is 1. The molecule has 1 fully saturated rings. The lowest BCUT2D eigenvalue weighted by Crippen LogP contribution is -2.31. The molecule has 146 valence electrons. The molecule has 0 bridgehead atoms. The summed E-state index contributed by atoms with van der Waals surface area (Å²) in [6.07, 6.45) is 6.22. The molecule has 1 atom stereocenters. The fraction of sp³-hybridized carbons (Fsp3) is 0.524. The minimum absolute atomic E-state index is 0.169. The number of carbonyl (C=O) groups excluding carboxylic acids is 1. The van der Waals surface area contributed by atoms with E-state index in [-0.39, 0.29) is 5.91 Å². The lowest BCUT2D eigenvalue weighted by Gasteiger charge is -2.21. The van der Waals surface area contributed by atoms with Gasteiger partial charge in [0.25, 0.3) is 5.91 Å². The van der Waals surface area contributed by atoms with Crippen LogP contribution in [0.4, 0.5) is 0 Å². The Bertz CT molecular complexity index is 795. The molecule has 1 saturated carbocycles. The average molecular weight is 390 g/mol. The number of benzene rings is 1. The van der Waals surface area contributed by atoms with Crippen LogP contribution in [0.1, 0.15) is 61.5 Å². The molecule has 2 N–H and O–H groups in total. The topological polar surface area (TPSA) is 75.6 Å². The Morgan fingerprint density at radius 2 is 2.00 bits per heavy atom. The number of carboxylic acid groups (broad SMARTS) is 1. The lowest BCUT2D eigenvalue weighted by atomic mass is 9.89. The average Bonchev–Trinajstić information content (AvgIpc) is 3.05. The maximum absolute atomic E-state index is 12.9. The van der Waals surface area contributed by atoms with Crippen molar-refractivity contribution < 1.29 is 19.4 Å². The standard InChI is InChI=1S/C21H27NO4S/c1-2-8-16(21(24)25)26-18-15-11-6-7-12-17(15)27-19(18)20(23)22-13-14-9-4-3-5-10-14/h6-7,11-12,14,16H,2-5,8-10,13H2,1H3,(H,22,23)(H,24,25). The van der Waals surface area contributed by atoms with Crippen LogP contribution in [0, 0.1) is 5.92 Å². The summed E-state index contributed by atoms with van der Waals surface area (Å²) >= 11 is 1.36. The normalized spacial score (nSPS) is 16.2. The number of thiophene rings is 1. The maximum Gasteiger partial charge on any atom is 0.344 e. The zero-order valence-corrected chi connectivity index (χ0v) is 16.5. The van der Waals surface area contributed by atoms with E-state index in [1.807, 2.05) is 31.2 Å². The van der Waals surface area contributed by atoms with Crippen LogP contribution in [0.15, 0.2) is 24.3 Å².